The number of fused-ring (bicyclic) bond motifs is 14. The quantitative estimate of drug-likeness (QED) is 0.156. The van der Waals surface area contributed by atoms with Gasteiger partial charge in [0.15, 0.2) is 11.2 Å². The first kappa shape index (κ1) is 42.7. The van der Waals surface area contributed by atoms with Crippen molar-refractivity contribution < 1.29 is 8.83 Å². The van der Waals surface area contributed by atoms with Crippen LogP contribution in [0.3, 0.4) is 0 Å². The van der Waals surface area contributed by atoms with E-state index in [0.717, 1.165) is 67.2 Å². The maximum atomic E-state index is 7.17. The van der Waals surface area contributed by atoms with Gasteiger partial charge in [0, 0.05) is 44.3 Å². The van der Waals surface area contributed by atoms with Crippen LogP contribution >= 0.6 is 0 Å². The van der Waals surface area contributed by atoms with E-state index in [-0.39, 0.29) is 0 Å². The van der Waals surface area contributed by atoms with E-state index in [4.69, 9.17) is 8.83 Å². The van der Waals surface area contributed by atoms with Crippen molar-refractivity contribution in [2.24, 2.45) is 0 Å². The fraction of sp³-hybridized carbons (Fsp3) is 0.156. The Hall–Kier alpha value is -7.39. The lowest BCUT2D eigenvalue weighted by molar-refractivity contribution is 0.669. The van der Waals surface area contributed by atoms with Gasteiger partial charge in [-0.25, -0.2) is 0 Å². The highest BCUT2D eigenvalue weighted by Crippen LogP contribution is 2.51. The largest absolute Gasteiger partial charge is 0.454 e. The Balaban J connectivity index is 1.09. The number of hydrogen-bond acceptors (Lipinski definition) is 4. The molecule has 2 aromatic heterocycles. The zero-order valence-corrected chi connectivity index (χ0v) is 43.7. The molecule has 0 saturated carbocycles. The molecule has 342 valence electrons. The Morgan fingerprint density at radius 2 is 0.729 bits per heavy atom. The van der Waals surface area contributed by atoms with Crippen molar-refractivity contribution in [1.29, 1.82) is 0 Å². The topological polar surface area (TPSA) is 32.8 Å². The number of para-hydroxylation sites is 2. The SMILES string of the molecule is Cc1ccc(N(c2ccc(C)cc2C)c2cc3c(c4c2oc2ccccc24)-c2cc4c(cc2[Si]3(C)C)-c2c(cc(N(c3ccc(C)cc3)c3ccc(C)cc3C)c3oc5ccccc5c23)[Si]4(C)C)cc1. The molecule has 0 bridgehead atoms. The lowest BCUT2D eigenvalue weighted by atomic mass is 9.94. The average Bonchev–Trinajstić information content (AvgIpc) is 4.04. The van der Waals surface area contributed by atoms with Crippen LogP contribution < -0.4 is 30.5 Å². The zero-order chi connectivity index (χ0) is 48.1. The highest BCUT2D eigenvalue weighted by atomic mass is 28.3. The Kier molecular flexibility index (Phi) is 9.18. The fourth-order valence-electron chi connectivity index (χ4n) is 12.3. The van der Waals surface area contributed by atoms with Gasteiger partial charge in [-0.2, -0.15) is 0 Å². The third-order valence-electron chi connectivity index (χ3n) is 15.9. The van der Waals surface area contributed by atoms with Gasteiger partial charge in [0.2, 0.25) is 0 Å². The number of hydrogen-bond donors (Lipinski definition) is 0. The molecule has 0 fully saturated rings. The minimum atomic E-state index is -2.40. The van der Waals surface area contributed by atoms with Gasteiger partial charge in [-0.1, -0.05) is 146 Å². The number of aryl methyl sites for hydroxylation is 6. The molecule has 70 heavy (non-hydrogen) atoms. The van der Waals surface area contributed by atoms with E-state index >= 15 is 0 Å². The monoisotopic (exact) mass is 940 g/mol. The molecule has 0 amide bonds. The van der Waals surface area contributed by atoms with Gasteiger partial charge in [-0.15, -0.1) is 0 Å². The molecule has 0 spiro atoms. The van der Waals surface area contributed by atoms with Crippen LogP contribution in [-0.2, 0) is 0 Å². The zero-order valence-electron chi connectivity index (χ0n) is 41.7. The van der Waals surface area contributed by atoms with Gasteiger partial charge in [0.05, 0.1) is 11.4 Å². The average molecular weight is 941 g/mol. The first-order chi connectivity index (χ1) is 33.7. The lowest BCUT2D eigenvalue weighted by Crippen LogP contribution is -2.51. The summed E-state index contributed by atoms with van der Waals surface area (Å²) in [5.41, 5.74) is 23.3. The molecule has 0 N–H and O–H groups in total. The Morgan fingerprint density at radius 1 is 0.357 bits per heavy atom. The second-order valence-electron chi connectivity index (χ2n) is 21.4. The standard InChI is InChI=1S/C64H56N2O2Si2/c1-37-19-25-43(26-20-37)65(49-29-23-39(3)31-41(49)5)51-35-57-59(61-45-15-11-13-17-53(45)67-63(51)61)47-33-56-48(34-55(47)69(57,7)8)60-58(70(56,9)10)36-52(64-62(60)46-16-12-14-18-54(46)68-64)66(44-27-21-38(2)22-28-44)50-30-24-40(4)32-42(50)6/h11-36H,1-10H3. The van der Waals surface area contributed by atoms with Crippen molar-refractivity contribution in [3.63, 3.8) is 0 Å². The highest BCUT2D eigenvalue weighted by molar-refractivity contribution is 7.06. The van der Waals surface area contributed by atoms with Crippen LogP contribution in [-0.4, -0.2) is 16.1 Å². The summed E-state index contributed by atoms with van der Waals surface area (Å²) in [6, 6.07) is 59.3. The van der Waals surface area contributed by atoms with E-state index in [0.29, 0.717) is 0 Å². The van der Waals surface area contributed by atoms with E-state index in [1.54, 1.807) is 0 Å². The van der Waals surface area contributed by atoms with Gasteiger partial charge in [-0.05, 0) is 156 Å². The first-order valence-corrected chi connectivity index (χ1v) is 30.7. The summed E-state index contributed by atoms with van der Waals surface area (Å²) < 4.78 is 14.3. The molecule has 11 aromatic rings. The first-order valence-electron chi connectivity index (χ1n) is 24.7. The summed E-state index contributed by atoms with van der Waals surface area (Å²) in [5, 5.41) is 10.6. The molecule has 0 aliphatic carbocycles. The Labute approximate surface area is 412 Å². The van der Waals surface area contributed by atoms with Crippen LogP contribution in [0.4, 0.5) is 34.1 Å². The lowest BCUT2D eigenvalue weighted by Gasteiger charge is -2.29. The van der Waals surface area contributed by atoms with Gasteiger partial charge >= 0.3 is 0 Å². The Bertz CT molecular complexity index is 3760. The number of rotatable bonds is 6. The summed E-state index contributed by atoms with van der Waals surface area (Å²) in [7, 11) is -4.81. The Morgan fingerprint density at radius 3 is 1.11 bits per heavy atom. The van der Waals surface area contributed by atoms with Crippen molar-refractivity contribution >= 4 is 115 Å². The predicted molar refractivity (Wildman–Crippen MR) is 303 cm³/mol. The molecule has 2 aliphatic heterocycles. The van der Waals surface area contributed by atoms with Crippen molar-refractivity contribution in [2.45, 2.75) is 67.7 Å². The van der Waals surface area contributed by atoms with E-state index in [2.05, 4.69) is 235 Å². The normalized spacial score (nSPS) is 14.1. The van der Waals surface area contributed by atoms with E-state index < -0.39 is 16.1 Å². The van der Waals surface area contributed by atoms with Crippen molar-refractivity contribution in [3.8, 4) is 22.3 Å². The third kappa shape index (κ3) is 6.06. The molecule has 9 aromatic carbocycles. The van der Waals surface area contributed by atoms with E-state index in [9.17, 15) is 0 Å². The molecule has 4 nitrogen and oxygen atoms in total. The van der Waals surface area contributed by atoms with Crippen LogP contribution in [0.15, 0.2) is 167 Å². The highest BCUT2D eigenvalue weighted by Gasteiger charge is 2.47. The second-order valence-corrected chi connectivity index (χ2v) is 30.0. The summed E-state index contributed by atoms with van der Waals surface area (Å²) in [4.78, 5) is 4.91. The maximum absolute atomic E-state index is 7.17. The summed E-state index contributed by atoms with van der Waals surface area (Å²) in [6.07, 6.45) is 0. The number of anilines is 6. The predicted octanol–water partition coefficient (Wildman–Crippen LogP) is 15.9. The minimum absolute atomic E-state index is 0.913. The molecule has 4 heterocycles. The third-order valence-corrected chi connectivity index (χ3v) is 22.9. The molecule has 0 saturated heterocycles. The van der Waals surface area contributed by atoms with Crippen molar-refractivity contribution in [1.82, 2.24) is 0 Å². The number of nitrogens with zero attached hydrogens (tertiary/aromatic N) is 2. The molecular weight excluding hydrogens is 885 g/mol. The van der Waals surface area contributed by atoms with Gasteiger partial charge in [0.25, 0.3) is 0 Å². The number of furan rings is 2. The van der Waals surface area contributed by atoms with Crippen molar-refractivity contribution in [2.75, 3.05) is 9.80 Å². The van der Waals surface area contributed by atoms with Crippen molar-refractivity contribution in [3.05, 3.63) is 191 Å². The maximum Gasteiger partial charge on any atom is 0.160 e. The van der Waals surface area contributed by atoms with Crippen LogP contribution in [0.5, 0.6) is 0 Å². The van der Waals surface area contributed by atoms with Crippen LogP contribution in [0.1, 0.15) is 33.4 Å². The van der Waals surface area contributed by atoms with E-state index in [1.165, 1.54) is 87.2 Å². The minimum Gasteiger partial charge on any atom is -0.454 e. The molecule has 2 aliphatic rings. The smallest absolute Gasteiger partial charge is 0.160 e. The van der Waals surface area contributed by atoms with Gasteiger partial charge < -0.3 is 18.6 Å². The summed E-state index contributed by atoms with van der Waals surface area (Å²) in [6.45, 7) is 23.4. The summed E-state index contributed by atoms with van der Waals surface area (Å²) in [5.74, 6) is 0. The summed E-state index contributed by atoms with van der Waals surface area (Å²) >= 11 is 0. The fourth-order valence-corrected chi connectivity index (χ4v) is 18.4. The van der Waals surface area contributed by atoms with Gasteiger partial charge in [-0.3, -0.25) is 0 Å². The molecule has 0 radical (unpaired) electrons. The van der Waals surface area contributed by atoms with Crippen LogP contribution in [0.2, 0.25) is 26.2 Å². The van der Waals surface area contributed by atoms with Gasteiger partial charge in [0.1, 0.15) is 27.3 Å². The molecule has 13 rings (SSSR count). The molecule has 0 atom stereocenters. The number of benzene rings is 9. The van der Waals surface area contributed by atoms with Crippen LogP contribution in [0, 0.1) is 41.5 Å². The second kappa shape index (κ2) is 15.1. The van der Waals surface area contributed by atoms with Crippen LogP contribution in [0.25, 0.3) is 66.1 Å². The molecular formula is C64H56N2O2Si2. The molecule has 6 heteroatoms. The van der Waals surface area contributed by atoms with E-state index in [1.807, 2.05) is 0 Å². The molecule has 0 unspecified atom stereocenters.